The summed E-state index contributed by atoms with van der Waals surface area (Å²) < 4.78 is 5.75. The number of nitrogens with two attached hydrogens (primary N) is 1. The normalized spacial score (nSPS) is 10.3. The van der Waals surface area contributed by atoms with E-state index in [1.807, 2.05) is 37.3 Å². The van der Waals surface area contributed by atoms with Crippen LogP contribution in [0.15, 0.2) is 36.5 Å². The molecule has 0 fully saturated rings. The Labute approximate surface area is 107 Å². The Morgan fingerprint density at radius 3 is 2.83 bits per heavy atom. The molecular weight excluding hydrogens is 226 g/mol. The average Bonchev–Trinajstić information content (AvgIpc) is 2.39. The first-order valence-corrected chi connectivity index (χ1v) is 5.99. The van der Waals surface area contributed by atoms with Crippen LogP contribution in [0.4, 0.5) is 0 Å². The Morgan fingerprint density at radius 2 is 2.11 bits per heavy atom. The maximum atomic E-state index is 5.75. The Balaban J connectivity index is 2.09. The molecule has 0 aromatic carbocycles. The predicted octanol–water partition coefficient (Wildman–Crippen LogP) is 1.87. The first kappa shape index (κ1) is 12.5. The molecule has 94 valence electrons. The smallest absolute Gasteiger partial charge is 0.141 e. The second kappa shape index (κ2) is 6.12. The molecule has 2 aromatic heterocycles. The number of aromatic nitrogens is 2. The predicted molar refractivity (Wildman–Crippen MR) is 70.3 cm³/mol. The minimum Gasteiger partial charge on any atom is -0.485 e. The van der Waals surface area contributed by atoms with E-state index >= 15 is 0 Å². The minimum absolute atomic E-state index is 0.448. The third-order valence-electron chi connectivity index (χ3n) is 2.55. The second-order valence-corrected chi connectivity index (χ2v) is 4.05. The monoisotopic (exact) mass is 243 g/mol. The van der Waals surface area contributed by atoms with Crippen molar-refractivity contribution in [2.45, 2.75) is 20.0 Å². The highest BCUT2D eigenvalue weighted by Gasteiger charge is 2.05. The molecule has 0 aliphatic carbocycles. The summed E-state index contributed by atoms with van der Waals surface area (Å²) in [5.41, 5.74) is 8.36. The molecule has 2 N–H and O–H groups in total. The lowest BCUT2D eigenvalue weighted by Gasteiger charge is -2.10. The second-order valence-electron chi connectivity index (χ2n) is 4.05. The Hall–Kier alpha value is -1.94. The topological polar surface area (TPSA) is 61.0 Å². The first-order chi connectivity index (χ1) is 8.79. The molecule has 18 heavy (non-hydrogen) atoms. The van der Waals surface area contributed by atoms with E-state index in [1.54, 1.807) is 6.20 Å². The van der Waals surface area contributed by atoms with Crippen molar-refractivity contribution in [3.05, 3.63) is 53.6 Å². The summed E-state index contributed by atoms with van der Waals surface area (Å²) in [6.45, 7) is 2.97. The fourth-order valence-electron chi connectivity index (χ4n) is 1.68. The summed E-state index contributed by atoms with van der Waals surface area (Å²) in [5.74, 6) is 0.789. The number of rotatable bonds is 5. The highest BCUT2D eigenvalue weighted by molar-refractivity contribution is 5.29. The number of pyridine rings is 2. The summed E-state index contributed by atoms with van der Waals surface area (Å²) in [6, 6.07) is 9.64. The standard InChI is InChI=1S/C14H17N3O/c1-11-5-6-14(13(17-11)7-8-15)18-10-12-4-2-3-9-16-12/h2-6,9H,7-8,10,15H2,1H3. The van der Waals surface area contributed by atoms with Crippen molar-refractivity contribution in [1.82, 2.24) is 9.97 Å². The Bertz CT molecular complexity index is 500. The van der Waals surface area contributed by atoms with Crippen molar-refractivity contribution in [2.24, 2.45) is 5.73 Å². The maximum absolute atomic E-state index is 5.75. The highest BCUT2D eigenvalue weighted by atomic mass is 16.5. The Kier molecular flexibility index (Phi) is 4.25. The van der Waals surface area contributed by atoms with Gasteiger partial charge in [0.2, 0.25) is 0 Å². The largest absolute Gasteiger partial charge is 0.485 e. The first-order valence-electron chi connectivity index (χ1n) is 5.99. The van der Waals surface area contributed by atoms with Gasteiger partial charge in [-0.05, 0) is 37.7 Å². The van der Waals surface area contributed by atoms with Gasteiger partial charge in [-0.1, -0.05) is 6.07 Å². The molecule has 0 unspecified atom stereocenters. The average molecular weight is 243 g/mol. The van der Waals surface area contributed by atoms with Gasteiger partial charge in [0.1, 0.15) is 12.4 Å². The maximum Gasteiger partial charge on any atom is 0.141 e. The molecule has 4 nitrogen and oxygen atoms in total. The lowest BCUT2D eigenvalue weighted by molar-refractivity contribution is 0.296. The van der Waals surface area contributed by atoms with Gasteiger partial charge in [0, 0.05) is 18.3 Å². The minimum atomic E-state index is 0.448. The highest BCUT2D eigenvalue weighted by Crippen LogP contribution is 2.18. The van der Waals surface area contributed by atoms with E-state index in [0.717, 1.165) is 29.3 Å². The van der Waals surface area contributed by atoms with E-state index in [9.17, 15) is 0 Å². The van der Waals surface area contributed by atoms with Crippen LogP contribution in [0.1, 0.15) is 17.1 Å². The van der Waals surface area contributed by atoms with Gasteiger partial charge < -0.3 is 10.5 Å². The van der Waals surface area contributed by atoms with Gasteiger partial charge >= 0.3 is 0 Å². The van der Waals surface area contributed by atoms with E-state index in [0.29, 0.717) is 13.2 Å². The summed E-state index contributed by atoms with van der Waals surface area (Å²) in [7, 11) is 0. The molecule has 0 aliphatic heterocycles. The van der Waals surface area contributed by atoms with Crippen molar-refractivity contribution in [3.8, 4) is 5.75 Å². The zero-order valence-electron chi connectivity index (χ0n) is 10.5. The van der Waals surface area contributed by atoms with Crippen LogP contribution in [0, 0.1) is 6.92 Å². The fourth-order valence-corrected chi connectivity index (χ4v) is 1.68. The molecule has 0 aliphatic rings. The van der Waals surface area contributed by atoms with Crippen LogP contribution in [0.3, 0.4) is 0 Å². The summed E-state index contributed by atoms with van der Waals surface area (Å²) in [5, 5.41) is 0. The number of aryl methyl sites for hydroxylation is 1. The van der Waals surface area contributed by atoms with E-state index in [4.69, 9.17) is 10.5 Å². The zero-order valence-corrected chi connectivity index (χ0v) is 10.5. The quantitative estimate of drug-likeness (QED) is 0.870. The Morgan fingerprint density at radius 1 is 1.22 bits per heavy atom. The van der Waals surface area contributed by atoms with Gasteiger partial charge in [-0.15, -0.1) is 0 Å². The molecule has 0 saturated heterocycles. The molecule has 0 radical (unpaired) electrons. The van der Waals surface area contributed by atoms with Crippen molar-refractivity contribution in [1.29, 1.82) is 0 Å². The number of hydrogen-bond acceptors (Lipinski definition) is 4. The molecule has 4 heteroatoms. The number of ether oxygens (including phenoxy) is 1. The van der Waals surface area contributed by atoms with E-state index < -0.39 is 0 Å². The fraction of sp³-hybridized carbons (Fsp3) is 0.286. The molecule has 2 aromatic rings. The van der Waals surface area contributed by atoms with Crippen LogP contribution in [0.2, 0.25) is 0 Å². The summed E-state index contributed by atoms with van der Waals surface area (Å²) in [4.78, 5) is 8.67. The van der Waals surface area contributed by atoms with Crippen LogP contribution >= 0.6 is 0 Å². The van der Waals surface area contributed by atoms with Gasteiger partial charge in [-0.3, -0.25) is 9.97 Å². The van der Waals surface area contributed by atoms with Crippen LogP contribution in [0.25, 0.3) is 0 Å². The van der Waals surface area contributed by atoms with Crippen molar-refractivity contribution in [2.75, 3.05) is 6.54 Å². The van der Waals surface area contributed by atoms with Gasteiger partial charge in [0.25, 0.3) is 0 Å². The van der Waals surface area contributed by atoms with Gasteiger partial charge in [-0.25, -0.2) is 0 Å². The van der Waals surface area contributed by atoms with Gasteiger partial charge in [-0.2, -0.15) is 0 Å². The number of hydrogen-bond donors (Lipinski definition) is 1. The number of nitrogens with zero attached hydrogens (tertiary/aromatic N) is 2. The third-order valence-corrected chi connectivity index (χ3v) is 2.55. The van der Waals surface area contributed by atoms with Gasteiger partial charge in [0.05, 0.1) is 11.4 Å². The SMILES string of the molecule is Cc1ccc(OCc2ccccn2)c(CCN)n1. The molecule has 2 heterocycles. The van der Waals surface area contributed by atoms with Crippen molar-refractivity contribution >= 4 is 0 Å². The van der Waals surface area contributed by atoms with Crippen molar-refractivity contribution in [3.63, 3.8) is 0 Å². The molecule has 0 bridgehead atoms. The lowest BCUT2D eigenvalue weighted by Crippen LogP contribution is -2.08. The molecule has 0 amide bonds. The molecule has 0 spiro atoms. The van der Waals surface area contributed by atoms with Crippen LogP contribution in [-0.2, 0) is 13.0 Å². The molecule has 0 atom stereocenters. The third kappa shape index (κ3) is 3.28. The summed E-state index contributed by atoms with van der Waals surface area (Å²) in [6.07, 6.45) is 2.48. The van der Waals surface area contributed by atoms with Crippen molar-refractivity contribution < 1.29 is 4.74 Å². The van der Waals surface area contributed by atoms with Crippen LogP contribution in [-0.4, -0.2) is 16.5 Å². The lowest BCUT2D eigenvalue weighted by atomic mass is 10.2. The van der Waals surface area contributed by atoms with Gasteiger partial charge in [0.15, 0.2) is 0 Å². The van der Waals surface area contributed by atoms with Crippen LogP contribution < -0.4 is 10.5 Å². The zero-order chi connectivity index (χ0) is 12.8. The summed E-state index contributed by atoms with van der Waals surface area (Å²) >= 11 is 0. The molecule has 2 rings (SSSR count). The molecular formula is C14H17N3O. The molecule has 0 saturated carbocycles. The van der Waals surface area contributed by atoms with E-state index in [-0.39, 0.29) is 0 Å². The van der Waals surface area contributed by atoms with Crippen LogP contribution in [0.5, 0.6) is 5.75 Å². The van der Waals surface area contributed by atoms with E-state index in [2.05, 4.69) is 9.97 Å². The van der Waals surface area contributed by atoms with E-state index in [1.165, 1.54) is 0 Å².